The molecule has 318 valence electrons. The summed E-state index contributed by atoms with van der Waals surface area (Å²) in [6.45, 7) is 0.337. The number of H-pyrrole nitrogens is 1. The first-order valence-electron chi connectivity index (χ1n) is 19.8. The highest BCUT2D eigenvalue weighted by atomic mass is 35.5. The van der Waals surface area contributed by atoms with E-state index in [1.165, 1.54) is 12.0 Å². The smallest absolute Gasteiger partial charge is 0.312 e. The monoisotopic (exact) mass is 842 g/mol. The molecule has 8 N–H and O–H groups in total. The molecule has 1 aromatic heterocycles. The van der Waals surface area contributed by atoms with Crippen LogP contribution in [0.3, 0.4) is 0 Å². The third-order valence-corrected chi connectivity index (χ3v) is 10.5. The first kappa shape index (κ1) is 44.7. The minimum absolute atomic E-state index is 0.0221. The Morgan fingerprint density at radius 1 is 0.833 bits per heavy atom. The number of nitrogens with two attached hydrogens (primary N) is 1. The molecule has 4 atom stereocenters. The van der Waals surface area contributed by atoms with Crippen molar-refractivity contribution in [1.82, 2.24) is 31.2 Å². The maximum absolute atomic E-state index is 14.4. The van der Waals surface area contributed by atoms with Gasteiger partial charge in [0.2, 0.25) is 29.5 Å². The molecule has 4 aromatic rings. The lowest BCUT2D eigenvalue weighted by Crippen LogP contribution is -2.60. The van der Waals surface area contributed by atoms with Crippen molar-refractivity contribution in [2.75, 3.05) is 31.4 Å². The van der Waals surface area contributed by atoms with E-state index >= 15 is 0 Å². The number of piperidine rings is 1. The Hall–Kier alpha value is -6.42. The number of anilines is 1. The van der Waals surface area contributed by atoms with Crippen molar-refractivity contribution in [2.24, 2.45) is 5.73 Å². The van der Waals surface area contributed by atoms with E-state index in [0.29, 0.717) is 18.5 Å². The van der Waals surface area contributed by atoms with Gasteiger partial charge in [-0.15, -0.1) is 11.6 Å². The van der Waals surface area contributed by atoms with Crippen LogP contribution in [0.5, 0.6) is 0 Å². The lowest BCUT2D eigenvalue weighted by Gasteiger charge is -2.37. The molecule has 0 saturated carbocycles. The largest absolute Gasteiger partial charge is 0.469 e. The van der Waals surface area contributed by atoms with Crippen LogP contribution < -0.4 is 32.3 Å². The number of nitrogens with zero attached hydrogens (tertiary/aromatic N) is 1. The predicted molar refractivity (Wildman–Crippen MR) is 226 cm³/mol. The van der Waals surface area contributed by atoms with Gasteiger partial charge >= 0.3 is 12.0 Å². The molecule has 2 heterocycles. The molecular weight excluding hydrogens is 792 g/mol. The summed E-state index contributed by atoms with van der Waals surface area (Å²) in [6, 6.07) is 19.2. The van der Waals surface area contributed by atoms with Gasteiger partial charge in [0.05, 0.1) is 7.11 Å². The van der Waals surface area contributed by atoms with Crippen LogP contribution in [0.25, 0.3) is 22.0 Å². The number of rotatable bonds is 19. The van der Waals surface area contributed by atoms with E-state index in [0.717, 1.165) is 27.6 Å². The van der Waals surface area contributed by atoms with Crippen molar-refractivity contribution in [3.05, 3.63) is 90.6 Å². The molecule has 0 radical (unpaired) electrons. The number of carbonyl (C=O) groups is 7. The summed E-state index contributed by atoms with van der Waals surface area (Å²) < 4.78 is 4.73. The molecule has 60 heavy (non-hydrogen) atoms. The highest BCUT2D eigenvalue weighted by molar-refractivity contribution is 6.27. The number of carbonyl (C=O) groups excluding carboxylic acids is 7. The SMILES string of the molecule is COC(=O)CC[C@H](NC(=O)CCl)C(=O)N1CCCC[C@H]1C(=O)N[C@@H](Cc1c[nH]c2ccccc12)C(=O)N[C@@H](CCCNC(N)=O)C(=O)Nc1ccc(-c2ccccc2)cc1. The molecule has 1 aliphatic rings. The predicted octanol–water partition coefficient (Wildman–Crippen LogP) is 3.49. The maximum atomic E-state index is 14.4. The summed E-state index contributed by atoms with van der Waals surface area (Å²) in [5, 5.41) is 14.5. The number of fused-ring (bicyclic) bond motifs is 1. The molecule has 7 amide bonds. The number of amides is 7. The summed E-state index contributed by atoms with van der Waals surface area (Å²) in [4.78, 5) is 96.8. The van der Waals surface area contributed by atoms with Crippen molar-refractivity contribution in [3.63, 3.8) is 0 Å². The second-order valence-electron chi connectivity index (χ2n) is 14.5. The number of hydrogen-bond donors (Lipinski definition) is 7. The Balaban J connectivity index is 1.38. The van der Waals surface area contributed by atoms with Crippen molar-refractivity contribution in [2.45, 2.75) is 75.5 Å². The Labute approximate surface area is 352 Å². The number of aromatic nitrogens is 1. The molecule has 0 aliphatic carbocycles. The van der Waals surface area contributed by atoms with Crippen LogP contribution in [-0.4, -0.2) is 102 Å². The number of para-hydroxylation sites is 1. The minimum Gasteiger partial charge on any atom is -0.469 e. The number of aromatic amines is 1. The second kappa shape index (κ2) is 22.1. The van der Waals surface area contributed by atoms with Crippen LogP contribution in [-0.2, 0) is 39.9 Å². The number of hydrogen-bond acceptors (Lipinski definition) is 8. The van der Waals surface area contributed by atoms with Crippen LogP contribution in [0.1, 0.15) is 50.5 Å². The van der Waals surface area contributed by atoms with E-state index in [2.05, 4.69) is 31.6 Å². The standard InChI is InChI=1S/C43H51ClN8O8/c1-60-38(54)21-20-34(49-37(53)25-44)42(58)52-23-8-7-15-36(52)41(57)51-35(24-29-26-47-32-13-6-5-12-31(29)32)40(56)50-33(14-9-22-46-43(45)59)39(55)48-30-18-16-28(17-19-30)27-10-3-2-4-11-27/h2-6,10-13,16-19,26,33-36,47H,7-9,14-15,20-25H2,1H3,(H,48,55)(H,49,53)(H,50,56)(H,51,57)(H3,45,46,59)/t33-,34-,35-,36-/m0/s1. The zero-order chi connectivity index (χ0) is 43.0. The van der Waals surface area contributed by atoms with Gasteiger partial charge in [-0.25, -0.2) is 4.79 Å². The van der Waals surface area contributed by atoms with Crippen molar-refractivity contribution < 1.29 is 38.3 Å². The molecule has 3 aromatic carbocycles. The fourth-order valence-electron chi connectivity index (χ4n) is 7.19. The lowest BCUT2D eigenvalue weighted by atomic mass is 9.97. The number of methoxy groups -OCH3 is 1. The summed E-state index contributed by atoms with van der Waals surface area (Å²) in [6.07, 6.45) is 3.37. The first-order valence-corrected chi connectivity index (χ1v) is 20.4. The van der Waals surface area contributed by atoms with Crippen molar-refractivity contribution >= 4 is 69.7 Å². The van der Waals surface area contributed by atoms with Crippen LogP contribution >= 0.6 is 11.6 Å². The molecule has 1 saturated heterocycles. The molecule has 1 fully saturated rings. The van der Waals surface area contributed by atoms with Crippen molar-refractivity contribution in [3.8, 4) is 11.1 Å². The fraction of sp³-hybridized carbons (Fsp3) is 0.372. The van der Waals surface area contributed by atoms with Crippen LogP contribution in [0, 0.1) is 0 Å². The second-order valence-corrected chi connectivity index (χ2v) is 14.7. The van der Waals surface area contributed by atoms with Gasteiger partial charge in [0, 0.05) is 48.7 Å². The Kier molecular flexibility index (Phi) is 16.4. The van der Waals surface area contributed by atoms with Gasteiger partial charge in [-0.1, -0.05) is 60.7 Å². The van der Waals surface area contributed by atoms with Gasteiger partial charge in [0.15, 0.2) is 0 Å². The van der Waals surface area contributed by atoms with Gasteiger partial charge in [-0.2, -0.15) is 0 Å². The number of nitrogens with one attached hydrogen (secondary N) is 6. The first-order chi connectivity index (χ1) is 29.0. The van der Waals surface area contributed by atoms with E-state index < -0.39 is 71.6 Å². The Bertz CT molecular complexity index is 2130. The van der Waals surface area contributed by atoms with Gasteiger partial charge in [-0.05, 0) is 73.4 Å². The number of alkyl halides is 1. The van der Waals surface area contributed by atoms with E-state index in [1.54, 1.807) is 18.3 Å². The molecule has 17 heteroatoms. The van der Waals surface area contributed by atoms with E-state index in [4.69, 9.17) is 22.1 Å². The maximum Gasteiger partial charge on any atom is 0.312 e. The molecular formula is C43H51ClN8O8. The van der Waals surface area contributed by atoms with Crippen LogP contribution in [0.15, 0.2) is 85.1 Å². The molecule has 5 rings (SSSR count). The van der Waals surface area contributed by atoms with E-state index in [-0.39, 0.29) is 51.6 Å². The number of halogens is 1. The lowest BCUT2D eigenvalue weighted by molar-refractivity contribution is -0.146. The Morgan fingerprint density at radius 3 is 2.27 bits per heavy atom. The average Bonchev–Trinajstić information content (AvgIpc) is 3.68. The highest BCUT2D eigenvalue weighted by Crippen LogP contribution is 2.24. The average molecular weight is 843 g/mol. The molecule has 0 bridgehead atoms. The molecule has 16 nitrogen and oxygen atoms in total. The Morgan fingerprint density at radius 2 is 1.55 bits per heavy atom. The fourth-order valence-corrected chi connectivity index (χ4v) is 7.26. The normalized spacial score (nSPS) is 15.2. The highest BCUT2D eigenvalue weighted by Gasteiger charge is 2.38. The molecule has 0 spiro atoms. The summed E-state index contributed by atoms with van der Waals surface area (Å²) in [5.41, 5.74) is 9.23. The van der Waals surface area contributed by atoms with Gasteiger partial charge in [0.25, 0.3) is 0 Å². The number of likely N-dealkylation sites (tertiary alicyclic amines) is 1. The quantitative estimate of drug-likeness (QED) is 0.0419. The number of benzene rings is 3. The third kappa shape index (κ3) is 12.5. The summed E-state index contributed by atoms with van der Waals surface area (Å²) in [7, 11) is 1.21. The molecule has 1 aliphatic heterocycles. The number of esters is 1. The number of primary amides is 1. The third-order valence-electron chi connectivity index (χ3n) is 10.3. The van der Waals surface area contributed by atoms with E-state index in [9.17, 15) is 33.6 Å². The summed E-state index contributed by atoms with van der Waals surface area (Å²) >= 11 is 5.73. The topological polar surface area (TPSA) is 234 Å². The van der Waals surface area contributed by atoms with Gasteiger partial charge in [-0.3, -0.25) is 28.8 Å². The van der Waals surface area contributed by atoms with Gasteiger partial charge in [0.1, 0.15) is 30.0 Å². The minimum atomic E-state index is -1.22. The number of ether oxygens (including phenoxy) is 1. The number of urea groups is 1. The molecule has 0 unspecified atom stereocenters. The van der Waals surface area contributed by atoms with Gasteiger partial charge < -0.3 is 46.9 Å². The zero-order valence-electron chi connectivity index (χ0n) is 33.3. The zero-order valence-corrected chi connectivity index (χ0v) is 34.1. The summed E-state index contributed by atoms with van der Waals surface area (Å²) in [5.74, 6) is -3.98. The van der Waals surface area contributed by atoms with Crippen LogP contribution in [0.2, 0.25) is 0 Å². The van der Waals surface area contributed by atoms with E-state index in [1.807, 2.05) is 66.7 Å². The van der Waals surface area contributed by atoms with Crippen LogP contribution in [0.4, 0.5) is 10.5 Å². The van der Waals surface area contributed by atoms with Crippen molar-refractivity contribution in [1.29, 1.82) is 0 Å².